The molecule has 5 heteroatoms. The quantitative estimate of drug-likeness (QED) is 0.637. The molecule has 1 aromatic carbocycles. The van der Waals surface area contributed by atoms with Crippen LogP contribution in [0.15, 0.2) is 30.3 Å². The zero-order valence-electron chi connectivity index (χ0n) is 12.9. The van der Waals surface area contributed by atoms with Gasteiger partial charge in [-0.1, -0.05) is 30.3 Å². The van der Waals surface area contributed by atoms with Crippen LogP contribution in [-0.2, 0) is 9.53 Å². The maximum absolute atomic E-state index is 12.1. The fourth-order valence-corrected chi connectivity index (χ4v) is 2.68. The molecule has 0 spiro atoms. The second-order valence-corrected chi connectivity index (χ2v) is 6.20. The van der Waals surface area contributed by atoms with Gasteiger partial charge in [0, 0.05) is 25.8 Å². The maximum atomic E-state index is 12.1. The summed E-state index contributed by atoms with van der Waals surface area (Å²) >= 11 is 0. The summed E-state index contributed by atoms with van der Waals surface area (Å²) in [5, 5.41) is 2.98. The van der Waals surface area contributed by atoms with Crippen molar-refractivity contribution >= 4 is 5.91 Å². The van der Waals surface area contributed by atoms with Crippen molar-refractivity contribution in [3.8, 4) is 0 Å². The SMILES string of the molecule is O=C(NCCCOCC1CC1)C1CC(c2ccccc2)NN1. The molecule has 3 rings (SSSR count). The highest BCUT2D eigenvalue weighted by molar-refractivity contribution is 5.82. The van der Waals surface area contributed by atoms with Crippen molar-refractivity contribution in [2.24, 2.45) is 5.92 Å². The van der Waals surface area contributed by atoms with Crippen molar-refractivity contribution in [2.75, 3.05) is 19.8 Å². The van der Waals surface area contributed by atoms with Crippen molar-refractivity contribution in [1.82, 2.24) is 16.2 Å². The molecule has 1 aromatic rings. The molecule has 1 amide bonds. The van der Waals surface area contributed by atoms with E-state index in [1.54, 1.807) is 0 Å². The van der Waals surface area contributed by atoms with Crippen LogP contribution < -0.4 is 16.2 Å². The van der Waals surface area contributed by atoms with E-state index in [0.717, 1.165) is 32.0 Å². The molecule has 2 unspecified atom stereocenters. The topological polar surface area (TPSA) is 62.4 Å². The largest absolute Gasteiger partial charge is 0.381 e. The summed E-state index contributed by atoms with van der Waals surface area (Å²) in [6.07, 6.45) is 4.29. The lowest BCUT2D eigenvalue weighted by molar-refractivity contribution is -0.122. The fourth-order valence-electron chi connectivity index (χ4n) is 2.68. The highest BCUT2D eigenvalue weighted by atomic mass is 16.5. The monoisotopic (exact) mass is 303 g/mol. The minimum absolute atomic E-state index is 0.0631. The number of ether oxygens (including phenoxy) is 1. The molecule has 1 saturated carbocycles. The Bertz CT molecular complexity index is 476. The van der Waals surface area contributed by atoms with E-state index in [1.165, 1.54) is 18.4 Å². The van der Waals surface area contributed by atoms with Crippen molar-refractivity contribution in [2.45, 2.75) is 37.8 Å². The lowest BCUT2D eigenvalue weighted by Crippen LogP contribution is -2.43. The summed E-state index contributed by atoms with van der Waals surface area (Å²) in [5.41, 5.74) is 7.49. The summed E-state index contributed by atoms with van der Waals surface area (Å²) in [4.78, 5) is 12.1. The van der Waals surface area contributed by atoms with Crippen LogP contribution in [0.1, 0.15) is 37.3 Å². The van der Waals surface area contributed by atoms with Crippen molar-refractivity contribution in [1.29, 1.82) is 0 Å². The van der Waals surface area contributed by atoms with E-state index in [0.29, 0.717) is 6.54 Å². The number of benzene rings is 1. The smallest absolute Gasteiger partial charge is 0.238 e. The van der Waals surface area contributed by atoms with E-state index in [4.69, 9.17) is 4.74 Å². The van der Waals surface area contributed by atoms with Gasteiger partial charge in [0.1, 0.15) is 6.04 Å². The molecule has 120 valence electrons. The average molecular weight is 303 g/mol. The Morgan fingerprint density at radius 1 is 1.23 bits per heavy atom. The zero-order valence-corrected chi connectivity index (χ0v) is 12.9. The molecule has 3 N–H and O–H groups in total. The van der Waals surface area contributed by atoms with E-state index in [-0.39, 0.29) is 18.0 Å². The molecule has 22 heavy (non-hydrogen) atoms. The molecule has 1 heterocycles. The van der Waals surface area contributed by atoms with Gasteiger partial charge in [0.05, 0.1) is 0 Å². The van der Waals surface area contributed by atoms with E-state index in [1.807, 2.05) is 18.2 Å². The van der Waals surface area contributed by atoms with E-state index < -0.39 is 0 Å². The minimum atomic E-state index is -0.169. The summed E-state index contributed by atoms with van der Waals surface area (Å²) in [7, 11) is 0. The summed E-state index contributed by atoms with van der Waals surface area (Å²) in [6.45, 7) is 2.30. The Morgan fingerprint density at radius 3 is 2.82 bits per heavy atom. The third-order valence-electron chi connectivity index (χ3n) is 4.24. The summed E-state index contributed by atoms with van der Waals surface area (Å²) in [6, 6.07) is 10.2. The van der Waals surface area contributed by atoms with Gasteiger partial charge in [-0.15, -0.1) is 0 Å². The van der Waals surface area contributed by atoms with Crippen LogP contribution in [0.25, 0.3) is 0 Å². The number of hydrogen-bond acceptors (Lipinski definition) is 4. The number of rotatable bonds is 8. The molecule has 0 radical (unpaired) electrons. The highest BCUT2D eigenvalue weighted by Crippen LogP contribution is 2.28. The molecule has 0 aromatic heterocycles. The van der Waals surface area contributed by atoms with Gasteiger partial charge in [0.15, 0.2) is 0 Å². The molecule has 1 aliphatic carbocycles. The third-order valence-corrected chi connectivity index (χ3v) is 4.24. The average Bonchev–Trinajstić information content (AvgIpc) is 3.24. The molecule has 2 fully saturated rings. The second-order valence-electron chi connectivity index (χ2n) is 6.20. The van der Waals surface area contributed by atoms with Crippen LogP contribution in [0.3, 0.4) is 0 Å². The standard InChI is InChI=1S/C17H25N3O2/c21-17(18-9-4-10-22-12-13-7-8-13)16-11-15(19-20-16)14-5-2-1-3-6-14/h1-3,5-6,13,15-16,19-20H,4,7-12H2,(H,18,21). The predicted octanol–water partition coefficient (Wildman–Crippen LogP) is 1.53. The van der Waals surface area contributed by atoms with Crippen LogP contribution in [-0.4, -0.2) is 31.7 Å². The second kappa shape index (κ2) is 7.72. The Balaban J connectivity index is 1.31. The first kappa shape index (κ1) is 15.5. The van der Waals surface area contributed by atoms with Gasteiger partial charge in [-0.3, -0.25) is 4.79 Å². The number of carbonyl (C=O) groups is 1. The predicted molar refractivity (Wildman–Crippen MR) is 85.0 cm³/mol. The first-order valence-corrected chi connectivity index (χ1v) is 8.24. The lowest BCUT2D eigenvalue weighted by atomic mass is 10.0. The number of nitrogens with one attached hydrogen (secondary N) is 3. The van der Waals surface area contributed by atoms with Gasteiger partial charge in [-0.05, 0) is 37.2 Å². The van der Waals surface area contributed by atoms with Crippen molar-refractivity contribution in [3.05, 3.63) is 35.9 Å². The molecular weight excluding hydrogens is 278 g/mol. The Kier molecular flexibility index (Phi) is 5.43. The van der Waals surface area contributed by atoms with Gasteiger partial charge >= 0.3 is 0 Å². The molecule has 2 aliphatic rings. The van der Waals surface area contributed by atoms with Gasteiger partial charge in [0.25, 0.3) is 0 Å². The number of hydrazine groups is 1. The van der Waals surface area contributed by atoms with Crippen LogP contribution in [0.5, 0.6) is 0 Å². The Morgan fingerprint density at radius 2 is 2.05 bits per heavy atom. The van der Waals surface area contributed by atoms with Crippen LogP contribution in [0.4, 0.5) is 0 Å². The first-order valence-electron chi connectivity index (χ1n) is 8.24. The van der Waals surface area contributed by atoms with Gasteiger partial charge < -0.3 is 10.1 Å². The first-order chi connectivity index (χ1) is 10.8. The summed E-state index contributed by atoms with van der Waals surface area (Å²) < 4.78 is 5.56. The zero-order chi connectivity index (χ0) is 15.2. The normalized spacial score (nSPS) is 24.4. The van der Waals surface area contributed by atoms with Crippen molar-refractivity contribution < 1.29 is 9.53 Å². The highest BCUT2D eigenvalue weighted by Gasteiger charge is 2.29. The van der Waals surface area contributed by atoms with E-state index >= 15 is 0 Å². The molecule has 0 bridgehead atoms. The maximum Gasteiger partial charge on any atom is 0.238 e. The molecule has 2 atom stereocenters. The number of amides is 1. The summed E-state index contributed by atoms with van der Waals surface area (Å²) in [5.74, 6) is 0.867. The Hall–Kier alpha value is -1.43. The molecular formula is C17H25N3O2. The number of carbonyl (C=O) groups excluding carboxylic acids is 1. The van der Waals surface area contributed by atoms with Crippen molar-refractivity contribution in [3.63, 3.8) is 0 Å². The minimum Gasteiger partial charge on any atom is -0.381 e. The van der Waals surface area contributed by atoms with Gasteiger partial charge in [-0.25, -0.2) is 10.9 Å². The third kappa shape index (κ3) is 4.53. The molecule has 1 aliphatic heterocycles. The van der Waals surface area contributed by atoms with E-state index in [9.17, 15) is 4.79 Å². The molecule has 5 nitrogen and oxygen atoms in total. The fraction of sp³-hybridized carbons (Fsp3) is 0.588. The number of hydrogen-bond donors (Lipinski definition) is 3. The lowest BCUT2D eigenvalue weighted by Gasteiger charge is -2.11. The van der Waals surface area contributed by atoms with Gasteiger partial charge in [-0.2, -0.15) is 0 Å². The van der Waals surface area contributed by atoms with Crippen LogP contribution >= 0.6 is 0 Å². The molecule has 1 saturated heterocycles. The Labute approximate surface area is 131 Å². The van der Waals surface area contributed by atoms with E-state index in [2.05, 4.69) is 28.3 Å². The van der Waals surface area contributed by atoms with Crippen LogP contribution in [0.2, 0.25) is 0 Å². The van der Waals surface area contributed by atoms with Gasteiger partial charge in [0.2, 0.25) is 5.91 Å². The van der Waals surface area contributed by atoms with Crippen LogP contribution in [0, 0.1) is 5.92 Å².